The highest BCUT2D eigenvalue weighted by atomic mass is 16.5. The topological polar surface area (TPSA) is 177 Å². The molecular weight excluding hydrogens is 614 g/mol. The maximum atomic E-state index is 14.3. The van der Waals surface area contributed by atoms with Gasteiger partial charge in [0.1, 0.15) is 24.7 Å². The Kier molecular flexibility index (Phi) is 10.2. The van der Waals surface area contributed by atoms with E-state index in [1.54, 1.807) is 0 Å². The number of nitrogens with two attached hydrogens (primary N) is 1. The van der Waals surface area contributed by atoms with E-state index in [2.05, 4.69) is 16.0 Å². The van der Waals surface area contributed by atoms with E-state index in [0.717, 1.165) is 44.1 Å². The minimum Gasteiger partial charge on any atom is -0.459 e. The van der Waals surface area contributed by atoms with Crippen LogP contribution in [0.2, 0.25) is 0 Å². The SMILES string of the molecule is CC(C)(C)[C@H](NC(=O)N[C@H](C(=O)OCc1ccccc1)C1CCCC1)C(=O)N1C[C@H]2[C@@H]([C@H]1C(=O)NC(CC1CC1)C(=O)C(N)=O)C2(C)C. The predicted molar refractivity (Wildman–Crippen MR) is 177 cm³/mol. The molecule has 1 aromatic carbocycles. The summed E-state index contributed by atoms with van der Waals surface area (Å²) in [7, 11) is 0. The second-order valence-electron chi connectivity index (χ2n) is 15.9. The van der Waals surface area contributed by atoms with Gasteiger partial charge in [-0.2, -0.15) is 0 Å². The van der Waals surface area contributed by atoms with Gasteiger partial charge in [-0.1, -0.05) is 90.6 Å². The smallest absolute Gasteiger partial charge is 0.329 e. The van der Waals surface area contributed by atoms with Gasteiger partial charge in [0.25, 0.3) is 5.91 Å². The molecule has 0 bridgehead atoms. The number of hydrogen-bond acceptors (Lipinski definition) is 7. The molecule has 1 saturated heterocycles. The highest BCUT2D eigenvalue weighted by Gasteiger charge is 2.70. The maximum Gasteiger partial charge on any atom is 0.329 e. The highest BCUT2D eigenvalue weighted by molar-refractivity contribution is 6.37. The van der Waals surface area contributed by atoms with Crippen molar-refractivity contribution in [1.29, 1.82) is 0 Å². The summed E-state index contributed by atoms with van der Waals surface area (Å²) in [5, 5.41) is 8.43. The first-order valence-electron chi connectivity index (χ1n) is 17.3. The Morgan fingerprint density at radius 1 is 0.958 bits per heavy atom. The van der Waals surface area contributed by atoms with Crippen LogP contribution in [0, 0.1) is 34.5 Å². The van der Waals surface area contributed by atoms with Gasteiger partial charge in [-0.05, 0) is 59.3 Å². The maximum absolute atomic E-state index is 14.3. The summed E-state index contributed by atoms with van der Waals surface area (Å²) in [5.41, 5.74) is 5.18. The third-order valence-corrected chi connectivity index (χ3v) is 10.9. The number of ketones is 1. The van der Waals surface area contributed by atoms with E-state index in [1.807, 2.05) is 65.0 Å². The number of rotatable bonds is 13. The average molecular weight is 666 g/mol. The first-order chi connectivity index (χ1) is 22.6. The molecule has 4 fully saturated rings. The molecule has 48 heavy (non-hydrogen) atoms. The highest BCUT2D eigenvalue weighted by Crippen LogP contribution is 2.65. The molecule has 0 radical (unpaired) electrons. The second kappa shape index (κ2) is 13.9. The van der Waals surface area contributed by atoms with Crippen LogP contribution >= 0.6 is 0 Å². The third kappa shape index (κ3) is 7.84. The summed E-state index contributed by atoms with van der Waals surface area (Å²) >= 11 is 0. The lowest BCUT2D eigenvalue weighted by atomic mass is 9.85. The number of ether oxygens (including phenoxy) is 1. The summed E-state index contributed by atoms with van der Waals surface area (Å²) in [6.45, 7) is 9.97. The predicted octanol–water partition coefficient (Wildman–Crippen LogP) is 2.82. The van der Waals surface area contributed by atoms with Crippen LogP contribution in [0.25, 0.3) is 0 Å². The molecule has 1 aromatic rings. The Bertz CT molecular complexity index is 1410. The number of primary amides is 1. The Balaban J connectivity index is 1.30. The van der Waals surface area contributed by atoms with Crippen LogP contribution in [0.3, 0.4) is 0 Å². The summed E-state index contributed by atoms with van der Waals surface area (Å²) in [6, 6.07) is 4.81. The number of fused-ring (bicyclic) bond motifs is 1. The van der Waals surface area contributed by atoms with Crippen molar-refractivity contribution < 1.29 is 33.5 Å². The van der Waals surface area contributed by atoms with Crippen LogP contribution in [0.1, 0.15) is 85.1 Å². The van der Waals surface area contributed by atoms with Crippen LogP contribution in [0.5, 0.6) is 0 Å². The monoisotopic (exact) mass is 665 g/mol. The van der Waals surface area contributed by atoms with Gasteiger partial charge in [0.05, 0.1) is 6.04 Å². The Morgan fingerprint density at radius 3 is 2.19 bits per heavy atom. The van der Waals surface area contributed by atoms with Crippen molar-refractivity contribution in [3.63, 3.8) is 0 Å². The molecular formula is C36H51N5O7. The summed E-state index contributed by atoms with van der Waals surface area (Å²) < 4.78 is 5.62. The number of Topliss-reactive ketones (excluding diaryl/α,β-unsaturated/α-hetero) is 1. The number of hydrogen-bond donors (Lipinski definition) is 4. The van der Waals surface area contributed by atoms with Crippen molar-refractivity contribution >= 4 is 35.5 Å². The summed E-state index contributed by atoms with van der Waals surface area (Å²) in [4.78, 5) is 81.0. The minimum atomic E-state index is -1.10. The molecule has 0 aromatic heterocycles. The number of benzene rings is 1. The number of piperidine rings is 1. The molecule has 262 valence electrons. The Labute approximate surface area is 282 Å². The Hall–Kier alpha value is -3.96. The van der Waals surface area contributed by atoms with E-state index in [0.29, 0.717) is 13.0 Å². The molecule has 3 saturated carbocycles. The number of likely N-dealkylation sites (tertiary alicyclic amines) is 1. The number of amides is 5. The van der Waals surface area contributed by atoms with Crippen LogP contribution in [0.15, 0.2) is 30.3 Å². The lowest BCUT2D eigenvalue weighted by molar-refractivity contribution is -0.148. The number of carbonyl (C=O) groups excluding carboxylic acids is 6. The number of urea groups is 1. The van der Waals surface area contributed by atoms with E-state index in [4.69, 9.17) is 10.5 Å². The second-order valence-corrected chi connectivity index (χ2v) is 15.9. The molecule has 4 aliphatic rings. The number of nitrogens with zero attached hydrogens (tertiary/aromatic N) is 1. The van der Waals surface area contributed by atoms with Gasteiger partial charge in [0, 0.05) is 6.54 Å². The number of carbonyl (C=O) groups is 6. The molecule has 0 spiro atoms. The van der Waals surface area contributed by atoms with Gasteiger partial charge in [-0.25, -0.2) is 9.59 Å². The van der Waals surface area contributed by atoms with Gasteiger partial charge < -0.3 is 31.3 Å². The van der Waals surface area contributed by atoms with Gasteiger partial charge in [0.15, 0.2) is 0 Å². The zero-order chi connectivity index (χ0) is 35.0. The molecule has 5 rings (SSSR count). The number of nitrogens with one attached hydrogen (secondary N) is 3. The largest absolute Gasteiger partial charge is 0.459 e. The molecule has 1 heterocycles. The third-order valence-electron chi connectivity index (χ3n) is 10.9. The van der Waals surface area contributed by atoms with E-state index in [9.17, 15) is 28.8 Å². The van der Waals surface area contributed by atoms with E-state index < -0.39 is 65.1 Å². The first-order valence-corrected chi connectivity index (χ1v) is 17.3. The summed E-state index contributed by atoms with van der Waals surface area (Å²) in [5.74, 6) is -3.33. The zero-order valence-corrected chi connectivity index (χ0v) is 28.8. The molecule has 6 atom stereocenters. The fourth-order valence-electron chi connectivity index (χ4n) is 7.77. The molecule has 3 aliphatic carbocycles. The first kappa shape index (κ1) is 35.3. The van der Waals surface area contributed by atoms with Crippen LogP contribution in [0.4, 0.5) is 4.79 Å². The van der Waals surface area contributed by atoms with Gasteiger partial charge in [-0.3, -0.25) is 19.2 Å². The molecule has 1 unspecified atom stereocenters. The number of esters is 1. The van der Waals surface area contributed by atoms with Crippen molar-refractivity contribution in [3.05, 3.63) is 35.9 Å². The van der Waals surface area contributed by atoms with Crippen LogP contribution in [-0.4, -0.2) is 71.1 Å². The van der Waals surface area contributed by atoms with E-state index >= 15 is 0 Å². The quantitative estimate of drug-likeness (QED) is 0.185. The lowest BCUT2D eigenvalue weighted by Crippen LogP contribution is -2.62. The zero-order valence-electron chi connectivity index (χ0n) is 28.8. The lowest BCUT2D eigenvalue weighted by Gasteiger charge is -2.38. The summed E-state index contributed by atoms with van der Waals surface area (Å²) in [6.07, 6.45) is 5.60. The van der Waals surface area contributed by atoms with Crippen LogP contribution < -0.4 is 21.7 Å². The molecule has 12 nitrogen and oxygen atoms in total. The standard InChI is InChI=1S/C36H51N5O7/c1-35(2,3)29(40-34(47)39-26(22-13-9-10-14-22)33(46)48-19-21-11-7-6-8-12-21)32(45)41-18-23-25(36(23,4)5)27(41)31(44)38-24(17-20-15-16-20)28(42)30(37)43/h6-8,11-12,20,22-27,29H,9-10,13-19H2,1-5H3,(H2,37,43)(H,38,44)(H2,39,40,47)/t23-,24?,25-,26-,27-,29+/m0/s1. The fourth-order valence-corrected chi connectivity index (χ4v) is 7.77. The van der Waals surface area contributed by atoms with Crippen molar-refractivity contribution in [3.8, 4) is 0 Å². The van der Waals surface area contributed by atoms with E-state index in [1.165, 1.54) is 4.90 Å². The van der Waals surface area contributed by atoms with Crippen LogP contribution in [-0.2, 0) is 35.3 Å². The molecule has 5 N–H and O–H groups in total. The van der Waals surface area contributed by atoms with Gasteiger partial charge >= 0.3 is 12.0 Å². The minimum absolute atomic E-state index is 0.0616. The fraction of sp³-hybridized carbons (Fsp3) is 0.667. The Morgan fingerprint density at radius 2 is 1.60 bits per heavy atom. The normalized spacial score (nSPS) is 24.9. The molecule has 12 heteroatoms. The van der Waals surface area contributed by atoms with Crippen molar-refractivity contribution in [1.82, 2.24) is 20.9 Å². The molecule has 5 amide bonds. The van der Waals surface area contributed by atoms with E-state index in [-0.39, 0.29) is 35.7 Å². The van der Waals surface area contributed by atoms with Crippen molar-refractivity contribution in [2.24, 2.45) is 40.2 Å². The van der Waals surface area contributed by atoms with Crippen molar-refractivity contribution in [2.45, 2.75) is 110 Å². The van der Waals surface area contributed by atoms with Gasteiger partial charge in [-0.15, -0.1) is 0 Å². The molecule has 1 aliphatic heterocycles. The van der Waals surface area contributed by atoms with Gasteiger partial charge in [0.2, 0.25) is 17.6 Å². The average Bonchev–Trinajstić information content (AvgIpc) is 3.73. The van der Waals surface area contributed by atoms with Crippen molar-refractivity contribution in [2.75, 3.05) is 6.54 Å².